The van der Waals surface area contributed by atoms with Gasteiger partial charge in [-0.2, -0.15) is 0 Å². The first-order chi connectivity index (χ1) is 14.5. The van der Waals surface area contributed by atoms with Crippen LogP contribution in [0, 0.1) is 0 Å². The zero-order valence-corrected chi connectivity index (χ0v) is 19.0. The molecule has 1 N–H and O–H groups in total. The molecule has 30 heavy (non-hydrogen) atoms. The normalized spacial score (nSPS) is 10.6. The van der Waals surface area contributed by atoms with Crippen molar-refractivity contribution < 1.29 is 14.3 Å². The van der Waals surface area contributed by atoms with Crippen molar-refractivity contribution in [2.24, 2.45) is 0 Å². The maximum Gasteiger partial charge on any atom is 0.232 e. The number of benzene rings is 2. The standard InChI is InChI=1S/C21H21BrN4O3S/c1-3-26-19(12-20(28)23-16-8-10-17(29-2)11-9-16)24-25-21(26)30-13-18(27)14-4-6-15(22)7-5-14/h4-11H,3,12-13H2,1-2H3,(H,23,28). The Morgan fingerprint density at radius 2 is 1.80 bits per heavy atom. The van der Waals surface area contributed by atoms with Crippen LogP contribution in [0.4, 0.5) is 5.69 Å². The van der Waals surface area contributed by atoms with Gasteiger partial charge in [-0.25, -0.2) is 0 Å². The second kappa shape index (κ2) is 10.4. The van der Waals surface area contributed by atoms with E-state index in [0.29, 0.717) is 28.8 Å². The Labute approximate surface area is 187 Å². The Morgan fingerprint density at radius 3 is 2.43 bits per heavy atom. The molecule has 0 aliphatic carbocycles. The SMILES string of the molecule is CCn1c(CC(=O)Nc2ccc(OC)cc2)nnc1SCC(=O)c1ccc(Br)cc1. The maximum absolute atomic E-state index is 12.4. The highest BCUT2D eigenvalue weighted by atomic mass is 79.9. The highest BCUT2D eigenvalue weighted by Crippen LogP contribution is 2.20. The smallest absolute Gasteiger partial charge is 0.232 e. The minimum absolute atomic E-state index is 0.0111. The van der Waals surface area contributed by atoms with Crippen molar-refractivity contribution in [3.05, 3.63) is 64.4 Å². The lowest BCUT2D eigenvalue weighted by Gasteiger charge is -2.08. The number of thioether (sulfide) groups is 1. The van der Waals surface area contributed by atoms with Crippen LogP contribution in [-0.2, 0) is 17.8 Å². The van der Waals surface area contributed by atoms with Crippen LogP contribution in [0.3, 0.4) is 0 Å². The molecule has 0 aliphatic heterocycles. The van der Waals surface area contributed by atoms with E-state index in [0.717, 1.165) is 10.2 Å². The fourth-order valence-electron chi connectivity index (χ4n) is 2.75. The molecule has 0 saturated heterocycles. The van der Waals surface area contributed by atoms with E-state index in [4.69, 9.17) is 4.74 Å². The number of anilines is 1. The van der Waals surface area contributed by atoms with Crippen molar-refractivity contribution in [1.82, 2.24) is 14.8 Å². The summed E-state index contributed by atoms with van der Waals surface area (Å²) in [4.78, 5) is 24.8. The molecule has 2 aromatic carbocycles. The number of hydrogen-bond acceptors (Lipinski definition) is 6. The number of aromatic nitrogens is 3. The van der Waals surface area contributed by atoms with Gasteiger partial charge in [0.15, 0.2) is 10.9 Å². The number of Topliss-reactive ketones (excluding diaryl/α,β-unsaturated/α-hetero) is 1. The molecule has 3 rings (SSSR count). The molecule has 7 nitrogen and oxygen atoms in total. The van der Waals surface area contributed by atoms with Crippen molar-refractivity contribution in [1.29, 1.82) is 0 Å². The number of ether oxygens (including phenoxy) is 1. The minimum Gasteiger partial charge on any atom is -0.497 e. The summed E-state index contributed by atoms with van der Waals surface area (Å²) in [5, 5.41) is 11.8. The molecule has 0 unspecified atom stereocenters. The van der Waals surface area contributed by atoms with Crippen LogP contribution in [0.15, 0.2) is 58.2 Å². The molecule has 0 bridgehead atoms. The van der Waals surface area contributed by atoms with Crippen molar-refractivity contribution in [2.45, 2.75) is 25.0 Å². The monoisotopic (exact) mass is 488 g/mol. The van der Waals surface area contributed by atoms with E-state index >= 15 is 0 Å². The van der Waals surface area contributed by atoms with E-state index in [1.165, 1.54) is 11.8 Å². The molecular weight excluding hydrogens is 468 g/mol. The minimum atomic E-state index is -0.190. The van der Waals surface area contributed by atoms with Crippen LogP contribution in [-0.4, -0.2) is 39.3 Å². The lowest BCUT2D eigenvalue weighted by molar-refractivity contribution is -0.115. The molecule has 0 spiro atoms. The number of halogens is 1. The lowest BCUT2D eigenvalue weighted by Crippen LogP contribution is -2.17. The second-order valence-corrected chi connectivity index (χ2v) is 8.17. The number of carbonyl (C=O) groups is 2. The van der Waals surface area contributed by atoms with Gasteiger partial charge in [0.2, 0.25) is 5.91 Å². The van der Waals surface area contributed by atoms with Gasteiger partial charge in [0.05, 0.1) is 19.3 Å². The van der Waals surface area contributed by atoms with E-state index in [1.54, 1.807) is 43.5 Å². The Hall–Kier alpha value is -2.65. The number of methoxy groups -OCH3 is 1. The van der Waals surface area contributed by atoms with Crippen molar-refractivity contribution >= 4 is 45.1 Å². The zero-order chi connectivity index (χ0) is 21.5. The van der Waals surface area contributed by atoms with Gasteiger partial charge in [0, 0.05) is 22.3 Å². The van der Waals surface area contributed by atoms with Gasteiger partial charge in [0.25, 0.3) is 0 Å². The Bertz CT molecular complexity index is 1020. The summed E-state index contributed by atoms with van der Waals surface area (Å²) >= 11 is 4.68. The molecule has 1 heterocycles. The van der Waals surface area contributed by atoms with Crippen molar-refractivity contribution in [2.75, 3.05) is 18.2 Å². The van der Waals surface area contributed by atoms with Gasteiger partial charge >= 0.3 is 0 Å². The van der Waals surface area contributed by atoms with Crippen LogP contribution >= 0.6 is 27.7 Å². The first kappa shape index (κ1) is 22.0. The molecule has 3 aromatic rings. The van der Waals surface area contributed by atoms with Crippen LogP contribution in [0.25, 0.3) is 0 Å². The quantitative estimate of drug-likeness (QED) is 0.358. The van der Waals surface area contributed by atoms with Crippen molar-refractivity contribution in [3.63, 3.8) is 0 Å². The molecule has 0 aliphatic rings. The molecule has 0 radical (unpaired) electrons. The molecule has 1 amide bonds. The summed E-state index contributed by atoms with van der Waals surface area (Å²) in [6.45, 7) is 2.56. The third-order valence-corrected chi connectivity index (χ3v) is 5.80. The van der Waals surface area contributed by atoms with Gasteiger partial charge < -0.3 is 14.6 Å². The molecule has 1 aromatic heterocycles. The van der Waals surface area contributed by atoms with E-state index in [9.17, 15) is 9.59 Å². The molecule has 0 fully saturated rings. The maximum atomic E-state index is 12.4. The predicted molar refractivity (Wildman–Crippen MR) is 120 cm³/mol. The Morgan fingerprint density at radius 1 is 1.10 bits per heavy atom. The Kier molecular flexibility index (Phi) is 7.64. The largest absolute Gasteiger partial charge is 0.497 e. The van der Waals surface area contributed by atoms with Gasteiger partial charge in [-0.3, -0.25) is 9.59 Å². The van der Waals surface area contributed by atoms with Crippen LogP contribution in [0.5, 0.6) is 5.75 Å². The number of amides is 1. The lowest BCUT2D eigenvalue weighted by atomic mass is 10.2. The zero-order valence-electron chi connectivity index (χ0n) is 16.6. The number of nitrogens with zero attached hydrogens (tertiary/aromatic N) is 3. The van der Waals surface area contributed by atoms with E-state index in [-0.39, 0.29) is 23.9 Å². The van der Waals surface area contributed by atoms with E-state index < -0.39 is 0 Å². The van der Waals surface area contributed by atoms with Crippen LogP contribution in [0.2, 0.25) is 0 Å². The highest BCUT2D eigenvalue weighted by Gasteiger charge is 2.16. The fraction of sp³-hybridized carbons (Fsp3) is 0.238. The average Bonchev–Trinajstić information content (AvgIpc) is 3.14. The highest BCUT2D eigenvalue weighted by molar-refractivity contribution is 9.10. The summed E-state index contributed by atoms with van der Waals surface area (Å²) in [5.74, 6) is 1.35. The summed E-state index contributed by atoms with van der Waals surface area (Å²) in [6.07, 6.45) is 0.0914. The fourth-order valence-corrected chi connectivity index (χ4v) is 3.93. The molecule has 0 atom stereocenters. The number of nitrogens with one attached hydrogen (secondary N) is 1. The number of carbonyl (C=O) groups excluding carboxylic acids is 2. The Balaban J connectivity index is 1.60. The average molecular weight is 489 g/mol. The first-order valence-corrected chi connectivity index (χ1v) is 11.1. The van der Waals surface area contributed by atoms with E-state index in [1.807, 2.05) is 23.6 Å². The van der Waals surface area contributed by atoms with Gasteiger partial charge in [0.1, 0.15) is 11.6 Å². The molecule has 9 heteroatoms. The number of ketones is 1. The first-order valence-electron chi connectivity index (χ1n) is 9.27. The summed E-state index contributed by atoms with van der Waals surface area (Å²) in [6, 6.07) is 14.4. The van der Waals surface area contributed by atoms with Crippen LogP contribution in [0.1, 0.15) is 23.1 Å². The van der Waals surface area contributed by atoms with Gasteiger partial charge in [-0.15, -0.1) is 10.2 Å². The van der Waals surface area contributed by atoms with E-state index in [2.05, 4.69) is 31.4 Å². The van der Waals surface area contributed by atoms with Crippen LogP contribution < -0.4 is 10.1 Å². The summed E-state index contributed by atoms with van der Waals surface area (Å²) in [5.41, 5.74) is 1.32. The summed E-state index contributed by atoms with van der Waals surface area (Å²) in [7, 11) is 1.59. The molecular formula is C21H21BrN4O3S. The van der Waals surface area contributed by atoms with Gasteiger partial charge in [-0.05, 0) is 43.3 Å². The number of rotatable bonds is 9. The summed E-state index contributed by atoms with van der Waals surface area (Å²) < 4.78 is 7.89. The number of hydrogen-bond donors (Lipinski definition) is 1. The van der Waals surface area contributed by atoms with Gasteiger partial charge in [-0.1, -0.05) is 39.8 Å². The molecule has 0 saturated carbocycles. The van der Waals surface area contributed by atoms with Crippen molar-refractivity contribution in [3.8, 4) is 5.75 Å². The third kappa shape index (κ3) is 5.70. The third-order valence-electron chi connectivity index (χ3n) is 4.30. The molecule has 156 valence electrons. The topological polar surface area (TPSA) is 86.1 Å². The second-order valence-electron chi connectivity index (χ2n) is 6.32. The predicted octanol–water partition coefficient (Wildman–Crippen LogP) is 4.23.